The molecule has 5 nitrogen and oxygen atoms in total. The highest BCUT2D eigenvalue weighted by atomic mass is 16.3. The standard InChI is InChI=1S/C9H11NO4/c1-5-9(14)7(3-12)6(2-11)8(4-13)10-5/h4,11-12,14H,2-3H2,1H3. The number of pyridine rings is 1. The molecule has 0 amide bonds. The third-order valence-electron chi connectivity index (χ3n) is 2.02. The molecule has 0 unspecified atom stereocenters. The van der Waals surface area contributed by atoms with Crippen molar-refractivity contribution in [3.05, 3.63) is 22.5 Å². The van der Waals surface area contributed by atoms with Crippen LogP contribution in [-0.2, 0) is 13.2 Å². The lowest BCUT2D eigenvalue weighted by Gasteiger charge is -2.10. The predicted octanol–water partition coefficient (Wildman–Crippen LogP) is -0.107. The summed E-state index contributed by atoms with van der Waals surface area (Å²) in [6, 6.07) is 0. The van der Waals surface area contributed by atoms with Crippen LogP contribution in [-0.4, -0.2) is 26.6 Å². The van der Waals surface area contributed by atoms with Gasteiger partial charge >= 0.3 is 0 Å². The second kappa shape index (κ2) is 4.17. The molecule has 0 aromatic carbocycles. The first-order valence-electron chi connectivity index (χ1n) is 4.03. The van der Waals surface area contributed by atoms with E-state index in [0.29, 0.717) is 6.29 Å². The summed E-state index contributed by atoms with van der Waals surface area (Å²) in [5, 5.41) is 27.4. The Balaban J connectivity index is 3.49. The van der Waals surface area contributed by atoms with Gasteiger partial charge in [-0.1, -0.05) is 0 Å². The van der Waals surface area contributed by atoms with E-state index in [9.17, 15) is 9.90 Å². The van der Waals surface area contributed by atoms with Crippen LogP contribution in [0.3, 0.4) is 0 Å². The maximum atomic E-state index is 10.6. The van der Waals surface area contributed by atoms with Gasteiger partial charge < -0.3 is 15.3 Å². The molecular weight excluding hydrogens is 186 g/mol. The van der Waals surface area contributed by atoms with Crippen molar-refractivity contribution in [3.63, 3.8) is 0 Å². The minimum absolute atomic E-state index is 0.0480. The second-order valence-corrected chi connectivity index (χ2v) is 2.82. The maximum absolute atomic E-state index is 10.6. The molecule has 1 aromatic rings. The molecule has 0 aliphatic carbocycles. The maximum Gasteiger partial charge on any atom is 0.168 e. The van der Waals surface area contributed by atoms with Gasteiger partial charge in [0.05, 0.1) is 18.9 Å². The first kappa shape index (κ1) is 10.6. The number of aldehydes is 1. The van der Waals surface area contributed by atoms with Gasteiger partial charge in [0.2, 0.25) is 0 Å². The molecule has 1 aromatic heterocycles. The van der Waals surface area contributed by atoms with Crippen LogP contribution in [0.4, 0.5) is 0 Å². The van der Waals surface area contributed by atoms with Crippen molar-refractivity contribution in [1.29, 1.82) is 0 Å². The van der Waals surface area contributed by atoms with Crippen molar-refractivity contribution >= 4 is 6.29 Å². The zero-order valence-electron chi connectivity index (χ0n) is 7.69. The fourth-order valence-corrected chi connectivity index (χ4v) is 1.26. The van der Waals surface area contributed by atoms with Gasteiger partial charge in [-0.2, -0.15) is 0 Å². The Bertz CT molecular complexity index is 362. The number of nitrogens with zero attached hydrogens (tertiary/aromatic N) is 1. The van der Waals surface area contributed by atoms with E-state index < -0.39 is 13.2 Å². The summed E-state index contributed by atoms with van der Waals surface area (Å²) < 4.78 is 0. The van der Waals surface area contributed by atoms with Gasteiger partial charge in [0, 0.05) is 11.1 Å². The smallest absolute Gasteiger partial charge is 0.168 e. The third kappa shape index (κ3) is 1.59. The Kier molecular flexibility index (Phi) is 3.16. The quantitative estimate of drug-likeness (QED) is 0.588. The molecular formula is C9H11NO4. The van der Waals surface area contributed by atoms with E-state index >= 15 is 0 Å². The van der Waals surface area contributed by atoms with Gasteiger partial charge in [-0.3, -0.25) is 4.79 Å². The summed E-state index contributed by atoms with van der Waals surface area (Å²) >= 11 is 0. The lowest BCUT2D eigenvalue weighted by Crippen LogP contribution is -2.05. The largest absolute Gasteiger partial charge is 0.506 e. The van der Waals surface area contributed by atoms with Crippen LogP contribution in [0.1, 0.15) is 27.3 Å². The first-order chi connectivity index (χ1) is 6.65. The summed E-state index contributed by atoms with van der Waals surface area (Å²) in [5.41, 5.74) is 0.632. The number of aliphatic hydroxyl groups is 2. The molecule has 1 rings (SSSR count). The van der Waals surface area contributed by atoms with Gasteiger partial charge in [-0.05, 0) is 6.92 Å². The van der Waals surface area contributed by atoms with Gasteiger partial charge in [0.15, 0.2) is 6.29 Å². The number of rotatable bonds is 3. The van der Waals surface area contributed by atoms with Gasteiger partial charge in [-0.25, -0.2) is 4.98 Å². The minimum atomic E-state index is -0.440. The van der Waals surface area contributed by atoms with Crippen LogP contribution in [0.25, 0.3) is 0 Å². The molecule has 76 valence electrons. The van der Waals surface area contributed by atoms with Crippen molar-refractivity contribution < 1.29 is 20.1 Å². The van der Waals surface area contributed by atoms with E-state index in [0.717, 1.165) is 0 Å². The third-order valence-corrected chi connectivity index (χ3v) is 2.02. The number of hydrogen-bond donors (Lipinski definition) is 3. The molecule has 0 radical (unpaired) electrons. The van der Waals surface area contributed by atoms with E-state index in [2.05, 4.69) is 4.98 Å². The van der Waals surface area contributed by atoms with Crippen molar-refractivity contribution in [3.8, 4) is 5.75 Å². The van der Waals surface area contributed by atoms with E-state index in [1.54, 1.807) is 0 Å². The molecule has 1 heterocycles. The molecule has 0 saturated carbocycles. The Hall–Kier alpha value is -1.46. The first-order valence-corrected chi connectivity index (χ1v) is 4.03. The van der Waals surface area contributed by atoms with Crippen molar-refractivity contribution in [2.45, 2.75) is 20.1 Å². The minimum Gasteiger partial charge on any atom is -0.506 e. The second-order valence-electron chi connectivity index (χ2n) is 2.82. The molecule has 0 atom stereocenters. The highest BCUT2D eigenvalue weighted by molar-refractivity contribution is 5.76. The summed E-state index contributed by atoms with van der Waals surface area (Å²) in [6.45, 7) is 0.638. The van der Waals surface area contributed by atoms with Crippen molar-refractivity contribution in [2.24, 2.45) is 0 Å². The van der Waals surface area contributed by atoms with Crippen LogP contribution in [0.15, 0.2) is 0 Å². The Morgan fingerprint density at radius 1 is 1.29 bits per heavy atom. The van der Waals surface area contributed by atoms with Gasteiger partial charge in [-0.15, -0.1) is 0 Å². The molecule has 0 aliphatic heterocycles. The van der Waals surface area contributed by atoms with Crippen LogP contribution < -0.4 is 0 Å². The highest BCUT2D eigenvalue weighted by Crippen LogP contribution is 2.25. The van der Waals surface area contributed by atoms with E-state index in [1.165, 1.54) is 6.92 Å². The number of aryl methyl sites for hydroxylation is 1. The topological polar surface area (TPSA) is 90.7 Å². The lowest BCUT2D eigenvalue weighted by atomic mass is 10.1. The molecule has 0 saturated heterocycles. The number of aromatic nitrogens is 1. The molecule has 5 heteroatoms. The Morgan fingerprint density at radius 3 is 2.29 bits per heavy atom. The van der Waals surface area contributed by atoms with Crippen LogP contribution in [0, 0.1) is 6.92 Å². The normalized spacial score (nSPS) is 10.2. The average Bonchev–Trinajstić information content (AvgIpc) is 2.20. The fourth-order valence-electron chi connectivity index (χ4n) is 1.26. The zero-order valence-corrected chi connectivity index (χ0v) is 7.69. The molecule has 3 N–H and O–H groups in total. The Morgan fingerprint density at radius 2 is 1.86 bits per heavy atom. The lowest BCUT2D eigenvalue weighted by molar-refractivity contribution is 0.111. The van der Waals surface area contributed by atoms with Crippen molar-refractivity contribution in [2.75, 3.05) is 0 Å². The highest BCUT2D eigenvalue weighted by Gasteiger charge is 2.15. The van der Waals surface area contributed by atoms with E-state index in [1.807, 2.05) is 0 Å². The molecule has 0 fully saturated rings. The molecule has 0 spiro atoms. The molecule has 0 bridgehead atoms. The predicted molar refractivity (Wildman–Crippen MR) is 47.9 cm³/mol. The molecule has 0 aliphatic rings. The van der Waals surface area contributed by atoms with Crippen LogP contribution in [0.5, 0.6) is 5.75 Å². The Labute approximate surface area is 80.7 Å². The summed E-state index contributed by atoms with van der Waals surface area (Å²) in [7, 11) is 0. The zero-order chi connectivity index (χ0) is 10.7. The number of carbonyl (C=O) groups is 1. The number of aliphatic hydroxyl groups excluding tert-OH is 2. The summed E-state index contributed by atoms with van der Waals surface area (Å²) in [5.74, 6) is -0.179. The summed E-state index contributed by atoms with van der Waals surface area (Å²) in [4.78, 5) is 14.4. The summed E-state index contributed by atoms with van der Waals surface area (Å²) in [6.07, 6.45) is 0.483. The number of aromatic hydroxyl groups is 1. The van der Waals surface area contributed by atoms with Crippen molar-refractivity contribution in [1.82, 2.24) is 4.98 Å². The van der Waals surface area contributed by atoms with Crippen LogP contribution >= 0.6 is 0 Å². The SMILES string of the molecule is Cc1nc(C=O)c(CO)c(CO)c1O. The van der Waals surface area contributed by atoms with Crippen LogP contribution in [0.2, 0.25) is 0 Å². The van der Waals surface area contributed by atoms with Gasteiger partial charge in [0.25, 0.3) is 0 Å². The number of carbonyl (C=O) groups excluding carboxylic acids is 1. The fraction of sp³-hybridized carbons (Fsp3) is 0.333. The monoisotopic (exact) mass is 197 g/mol. The average molecular weight is 197 g/mol. The van der Waals surface area contributed by atoms with E-state index in [4.69, 9.17) is 10.2 Å². The number of hydrogen-bond acceptors (Lipinski definition) is 5. The van der Waals surface area contributed by atoms with E-state index in [-0.39, 0.29) is 28.3 Å². The van der Waals surface area contributed by atoms with Gasteiger partial charge in [0.1, 0.15) is 11.4 Å². The molecule has 14 heavy (non-hydrogen) atoms.